The van der Waals surface area contributed by atoms with Gasteiger partial charge >= 0.3 is 0 Å². The van der Waals surface area contributed by atoms with Gasteiger partial charge in [-0.15, -0.1) is 0 Å². The second-order valence-corrected chi connectivity index (χ2v) is 6.32. The zero-order valence-corrected chi connectivity index (χ0v) is 15.3. The van der Waals surface area contributed by atoms with Crippen molar-refractivity contribution in [1.29, 1.82) is 0 Å². The Balaban J connectivity index is 2.05. The normalized spacial score (nSPS) is 11.4. The molecule has 1 N–H and O–H groups in total. The monoisotopic (exact) mass is 364 g/mol. The molecule has 0 radical (unpaired) electrons. The molecule has 7 heteroatoms. The number of hydrogen-bond acceptors (Lipinski definition) is 3. The van der Waals surface area contributed by atoms with Crippen molar-refractivity contribution in [3.05, 3.63) is 52.6 Å². The third-order valence-corrected chi connectivity index (χ3v) is 3.97. The van der Waals surface area contributed by atoms with E-state index in [0.717, 1.165) is 13.0 Å². The molecule has 1 amide bonds. The van der Waals surface area contributed by atoms with E-state index in [0.29, 0.717) is 28.6 Å². The highest BCUT2D eigenvalue weighted by Crippen LogP contribution is 2.24. The Labute approximate surface area is 152 Å². The van der Waals surface area contributed by atoms with Crippen LogP contribution in [0.1, 0.15) is 17.7 Å². The van der Waals surface area contributed by atoms with Gasteiger partial charge in [0.1, 0.15) is 11.0 Å². The number of carbonyl (C=O) groups is 1. The maximum absolute atomic E-state index is 13.0. The van der Waals surface area contributed by atoms with Gasteiger partial charge in [-0.25, -0.2) is 9.07 Å². The van der Waals surface area contributed by atoms with Crippen molar-refractivity contribution in [3.8, 4) is 5.69 Å². The molecule has 0 aliphatic rings. The number of halogens is 2. The molecule has 1 aromatic heterocycles. The molecule has 0 atom stereocenters. The smallest absolute Gasteiger partial charge is 0.244 e. The number of amides is 1. The zero-order valence-electron chi connectivity index (χ0n) is 14.6. The molecule has 134 valence electrons. The van der Waals surface area contributed by atoms with Gasteiger partial charge in [0.2, 0.25) is 5.91 Å². The van der Waals surface area contributed by atoms with Crippen molar-refractivity contribution in [2.45, 2.75) is 13.3 Å². The molecule has 0 fully saturated rings. The van der Waals surface area contributed by atoms with Crippen molar-refractivity contribution in [3.63, 3.8) is 0 Å². The molecular formula is C18H22ClFN4O. The first-order valence-electron chi connectivity index (χ1n) is 8.00. The summed E-state index contributed by atoms with van der Waals surface area (Å²) in [6.45, 7) is 3.34. The molecule has 25 heavy (non-hydrogen) atoms. The maximum Gasteiger partial charge on any atom is 0.244 e. The number of nitrogens with zero attached hydrogens (tertiary/aromatic N) is 3. The summed E-state index contributed by atoms with van der Waals surface area (Å²) in [5.41, 5.74) is 2.00. The first-order valence-corrected chi connectivity index (χ1v) is 8.38. The first-order chi connectivity index (χ1) is 11.9. The van der Waals surface area contributed by atoms with E-state index in [1.165, 1.54) is 22.9 Å². The molecule has 5 nitrogen and oxygen atoms in total. The Morgan fingerprint density at radius 3 is 2.68 bits per heavy atom. The Morgan fingerprint density at radius 1 is 1.36 bits per heavy atom. The van der Waals surface area contributed by atoms with Crippen LogP contribution in [0.2, 0.25) is 5.15 Å². The number of hydrogen-bond donors (Lipinski definition) is 1. The molecule has 0 unspecified atom stereocenters. The van der Waals surface area contributed by atoms with E-state index in [9.17, 15) is 9.18 Å². The van der Waals surface area contributed by atoms with Gasteiger partial charge in [-0.1, -0.05) is 11.6 Å². The van der Waals surface area contributed by atoms with Crippen LogP contribution in [0.15, 0.2) is 30.3 Å². The Hall–Kier alpha value is -2.18. The quantitative estimate of drug-likeness (QED) is 0.607. The largest absolute Gasteiger partial charge is 0.353 e. The summed E-state index contributed by atoms with van der Waals surface area (Å²) in [7, 11) is 3.98. The molecule has 0 aliphatic heterocycles. The average Bonchev–Trinajstić information content (AvgIpc) is 2.85. The highest BCUT2D eigenvalue weighted by atomic mass is 35.5. The second kappa shape index (κ2) is 8.78. The number of rotatable bonds is 7. The fourth-order valence-electron chi connectivity index (χ4n) is 2.28. The average molecular weight is 365 g/mol. The number of nitrogens with one attached hydrogen (secondary N) is 1. The maximum atomic E-state index is 13.0. The van der Waals surface area contributed by atoms with Gasteiger partial charge in [0, 0.05) is 18.2 Å². The lowest BCUT2D eigenvalue weighted by Gasteiger charge is -2.08. The minimum atomic E-state index is -0.324. The van der Waals surface area contributed by atoms with Crippen LogP contribution in [0.25, 0.3) is 11.8 Å². The van der Waals surface area contributed by atoms with Crippen LogP contribution in [-0.2, 0) is 4.79 Å². The van der Waals surface area contributed by atoms with Crippen LogP contribution < -0.4 is 5.32 Å². The Morgan fingerprint density at radius 2 is 2.04 bits per heavy atom. The zero-order chi connectivity index (χ0) is 18.4. The first kappa shape index (κ1) is 19.1. The van der Waals surface area contributed by atoms with Gasteiger partial charge in [-0.2, -0.15) is 5.10 Å². The van der Waals surface area contributed by atoms with Crippen LogP contribution in [0.5, 0.6) is 0 Å². The summed E-state index contributed by atoms with van der Waals surface area (Å²) in [5, 5.41) is 7.56. The van der Waals surface area contributed by atoms with Crippen molar-refractivity contribution >= 4 is 23.6 Å². The van der Waals surface area contributed by atoms with Crippen LogP contribution in [-0.4, -0.2) is 47.8 Å². The molecule has 0 aliphatic carbocycles. The Bertz CT molecular complexity index is 753. The highest BCUT2D eigenvalue weighted by Gasteiger charge is 2.13. The third-order valence-electron chi connectivity index (χ3n) is 3.60. The second-order valence-electron chi connectivity index (χ2n) is 5.96. The SMILES string of the molecule is Cc1nn(-c2ccc(F)cc2)c(Cl)c1/C=C/C(=O)NCCCN(C)C. The van der Waals surface area contributed by atoms with Crippen molar-refractivity contribution in [2.24, 2.45) is 0 Å². The summed E-state index contributed by atoms with van der Waals surface area (Å²) < 4.78 is 14.6. The van der Waals surface area contributed by atoms with E-state index >= 15 is 0 Å². The van der Waals surface area contributed by atoms with Crippen LogP contribution in [0.4, 0.5) is 4.39 Å². The van der Waals surface area contributed by atoms with E-state index in [-0.39, 0.29) is 11.7 Å². The molecule has 0 spiro atoms. The summed E-state index contributed by atoms with van der Waals surface area (Å²) in [4.78, 5) is 13.9. The topological polar surface area (TPSA) is 50.2 Å². The van der Waals surface area contributed by atoms with Gasteiger partial charge in [0.05, 0.1) is 11.4 Å². The Kier molecular flexibility index (Phi) is 6.73. The minimum absolute atomic E-state index is 0.177. The molecule has 1 aromatic carbocycles. The molecule has 0 saturated carbocycles. The molecule has 1 heterocycles. The van der Waals surface area contributed by atoms with Gasteiger partial charge in [0.25, 0.3) is 0 Å². The van der Waals surface area contributed by atoms with E-state index < -0.39 is 0 Å². The van der Waals surface area contributed by atoms with E-state index in [4.69, 9.17) is 11.6 Å². The van der Waals surface area contributed by atoms with Crippen LogP contribution >= 0.6 is 11.6 Å². The summed E-state index contributed by atoms with van der Waals surface area (Å²) in [6, 6.07) is 5.88. The van der Waals surface area contributed by atoms with Crippen LogP contribution in [0, 0.1) is 12.7 Å². The molecule has 0 bridgehead atoms. The third kappa shape index (κ3) is 5.41. The lowest BCUT2D eigenvalue weighted by molar-refractivity contribution is -0.116. The summed E-state index contributed by atoms with van der Waals surface area (Å²) in [6.07, 6.45) is 3.97. The van der Waals surface area contributed by atoms with Crippen LogP contribution in [0.3, 0.4) is 0 Å². The lowest BCUT2D eigenvalue weighted by Crippen LogP contribution is -2.25. The summed E-state index contributed by atoms with van der Waals surface area (Å²) >= 11 is 6.37. The molecular weight excluding hydrogens is 343 g/mol. The number of benzene rings is 1. The fraction of sp³-hybridized carbons (Fsp3) is 0.333. The van der Waals surface area contributed by atoms with Crippen molar-refractivity contribution < 1.29 is 9.18 Å². The predicted octanol–water partition coefficient (Wildman–Crippen LogP) is 3.05. The minimum Gasteiger partial charge on any atom is -0.353 e. The predicted molar refractivity (Wildman–Crippen MR) is 98.5 cm³/mol. The van der Waals surface area contributed by atoms with Gasteiger partial charge < -0.3 is 10.2 Å². The highest BCUT2D eigenvalue weighted by molar-refractivity contribution is 6.31. The van der Waals surface area contributed by atoms with E-state index in [1.807, 2.05) is 14.1 Å². The van der Waals surface area contributed by atoms with Gasteiger partial charge in [-0.05, 0) is 64.3 Å². The number of aromatic nitrogens is 2. The molecule has 2 aromatic rings. The molecule has 2 rings (SSSR count). The number of aryl methyl sites for hydroxylation is 1. The summed E-state index contributed by atoms with van der Waals surface area (Å²) in [5.74, 6) is -0.501. The molecule has 0 saturated heterocycles. The van der Waals surface area contributed by atoms with Gasteiger partial charge in [0.15, 0.2) is 0 Å². The lowest BCUT2D eigenvalue weighted by atomic mass is 10.2. The van der Waals surface area contributed by atoms with E-state index in [1.54, 1.807) is 25.1 Å². The fourth-order valence-corrected chi connectivity index (χ4v) is 2.61. The van der Waals surface area contributed by atoms with Gasteiger partial charge in [-0.3, -0.25) is 4.79 Å². The van der Waals surface area contributed by atoms with Crippen molar-refractivity contribution in [1.82, 2.24) is 20.0 Å². The number of carbonyl (C=O) groups excluding carboxylic acids is 1. The standard InChI is InChI=1S/C18H22ClFN4O/c1-13-16(9-10-17(25)21-11-4-12-23(2)3)18(19)24(22-13)15-7-5-14(20)6-8-15/h5-10H,4,11-12H2,1-3H3,(H,21,25)/b10-9+. The van der Waals surface area contributed by atoms with Crippen molar-refractivity contribution in [2.75, 3.05) is 27.2 Å². The van der Waals surface area contributed by atoms with E-state index in [2.05, 4.69) is 15.3 Å².